The van der Waals surface area contributed by atoms with Crippen molar-refractivity contribution in [1.29, 1.82) is 0 Å². The van der Waals surface area contributed by atoms with Crippen molar-refractivity contribution in [3.05, 3.63) is 46.8 Å². The fraction of sp³-hybridized carbons (Fsp3) is 0. The summed E-state index contributed by atoms with van der Waals surface area (Å²) in [5.41, 5.74) is 0. The fourth-order valence-electron chi connectivity index (χ4n) is 1.02. The third-order valence-corrected chi connectivity index (χ3v) is 2.18. The summed E-state index contributed by atoms with van der Waals surface area (Å²) in [6.45, 7) is 0. The lowest BCUT2D eigenvalue weighted by atomic mass is 10.4. The van der Waals surface area contributed by atoms with E-state index in [2.05, 4.69) is 11.2 Å². The van der Waals surface area contributed by atoms with Gasteiger partial charge in [0.25, 0.3) is 0 Å². The van der Waals surface area contributed by atoms with Crippen molar-refractivity contribution in [1.82, 2.24) is 9.55 Å². The molecule has 0 atom stereocenters. The summed E-state index contributed by atoms with van der Waals surface area (Å²) in [6, 6.07) is 6.97. The Balaban J connectivity index is 2.59. The molecule has 2 aromatic rings. The Morgan fingerprint density at radius 3 is 2.77 bits per heavy atom. The van der Waals surface area contributed by atoms with Gasteiger partial charge in [-0.2, -0.15) is 0 Å². The zero-order chi connectivity index (χ0) is 9.26. The summed E-state index contributed by atoms with van der Waals surface area (Å²) in [5, 5.41) is 1.09. The van der Waals surface area contributed by atoms with Crippen LogP contribution in [-0.2, 0) is 0 Å². The van der Waals surface area contributed by atoms with Crippen molar-refractivity contribution in [2.45, 2.75) is 0 Å². The lowest BCUT2D eigenvalue weighted by Gasteiger charge is -2.03. The predicted molar refractivity (Wildman–Crippen MR) is 52.4 cm³/mol. The number of aromatic nitrogens is 2. The molecule has 2 aromatic heterocycles. The molecule has 0 aliphatic heterocycles. The predicted octanol–water partition coefficient (Wildman–Crippen LogP) is 2.98. The molecule has 2 heterocycles. The van der Waals surface area contributed by atoms with Crippen LogP contribution in [0.1, 0.15) is 0 Å². The minimum atomic E-state index is 0.542. The summed E-state index contributed by atoms with van der Waals surface area (Å²) in [4.78, 5) is 4.10. The highest BCUT2D eigenvalue weighted by molar-refractivity contribution is 6.33. The zero-order valence-electron chi connectivity index (χ0n) is 6.54. The fourth-order valence-corrected chi connectivity index (χ4v) is 1.42. The Bertz CT molecular complexity index is 423. The largest absolute Gasteiger partial charge is 0.282 e. The van der Waals surface area contributed by atoms with Gasteiger partial charge in [-0.1, -0.05) is 23.2 Å². The molecule has 0 bridgehead atoms. The van der Waals surface area contributed by atoms with E-state index in [9.17, 15) is 0 Å². The summed E-state index contributed by atoms with van der Waals surface area (Å²) in [7, 11) is 0. The topological polar surface area (TPSA) is 17.8 Å². The van der Waals surface area contributed by atoms with Crippen molar-refractivity contribution < 1.29 is 0 Å². The first-order valence-electron chi connectivity index (χ1n) is 3.65. The van der Waals surface area contributed by atoms with Crippen molar-refractivity contribution in [3.63, 3.8) is 0 Å². The molecule has 0 spiro atoms. The third kappa shape index (κ3) is 1.55. The van der Waals surface area contributed by atoms with Crippen molar-refractivity contribution >= 4 is 23.2 Å². The van der Waals surface area contributed by atoms with Gasteiger partial charge in [-0.05, 0) is 24.3 Å². The normalized spacial score (nSPS) is 10.3. The molecule has 2 rings (SSSR count). The Morgan fingerprint density at radius 2 is 2.15 bits per heavy atom. The molecule has 0 saturated heterocycles. The van der Waals surface area contributed by atoms with Gasteiger partial charge in [0.05, 0.1) is 11.2 Å². The maximum atomic E-state index is 5.93. The molecule has 0 unspecified atom stereocenters. The first-order chi connectivity index (χ1) is 6.29. The second-order valence-electron chi connectivity index (χ2n) is 2.43. The van der Waals surface area contributed by atoms with E-state index in [1.165, 1.54) is 0 Å². The van der Waals surface area contributed by atoms with Crippen LogP contribution in [0, 0.1) is 6.20 Å². The highest BCUT2D eigenvalue weighted by atomic mass is 35.5. The molecule has 0 fully saturated rings. The minimum absolute atomic E-state index is 0.542. The van der Waals surface area contributed by atoms with Crippen LogP contribution < -0.4 is 0 Å². The molecule has 4 heteroatoms. The number of nitrogens with zero attached hydrogens (tertiary/aromatic N) is 2. The molecule has 13 heavy (non-hydrogen) atoms. The molecule has 0 aliphatic carbocycles. The van der Waals surface area contributed by atoms with Crippen LogP contribution in [0.3, 0.4) is 0 Å². The van der Waals surface area contributed by atoms with Gasteiger partial charge in [-0.15, -0.1) is 0 Å². The van der Waals surface area contributed by atoms with E-state index in [1.807, 2.05) is 0 Å². The molecule has 0 amide bonds. The average Bonchev–Trinajstić information content (AvgIpc) is 2.52. The smallest absolute Gasteiger partial charge is 0.157 e. The summed E-state index contributed by atoms with van der Waals surface area (Å²) in [6.07, 6.45) is 4.56. The average molecular weight is 212 g/mol. The Hall–Kier alpha value is -0.990. The van der Waals surface area contributed by atoms with Gasteiger partial charge in [0.2, 0.25) is 0 Å². The monoisotopic (exact) mass is 211 g/mol. The second-order valence-corrected chi connectivity index (χ2v) is 3.22. The Morgan fingerprint density at radius 1 is 1.31 bits per heavy atom. The molecule has 0 saturated carbocycles. The summed E-state index contributed by atoms with van der Waals surface area (Å²) < 4.78 is 1.60. The van der Waals surface area contributed by atoms with Gasteiger partial charge in [-0.25, -0.2) is 4.98 Å². The summed E-state index contributed by atoms with van der Waals surface area (Å²) >= 11 is 11.8. The third-order valence-electron chi connectivity index (χ3n) is 1.59. The minimum Gasteiger partial charge on any atom is -0.282 e. The van der Waals surface area contributed by atoms with E-state index in [-0.39, 0.29) is 0 Å². The Labute approximate surface area is 85.7 Å². The second kappa shape index (κ2) is 3.40. The highest BCUT2D eigenvalue weighted by Gasteiger charge is 2.05. The first-order valence-corrected chi connectivity index (χ1v) is 4.40. The van der Waals surface area contributed by atoms with Crippen molar-refractivity contribution in [2.24, 2.45) is 0 Å². The Kier molecular flexibility index (Phi) is 2.25. The van der Waals surface area contributed by atoms with Gasteiger partial charge in [0, 0.05) is 6.20 Å². The van der Waals surface area contributed by atoms with Crippen molar-refractivity contribution in [2.75, 3.05) is 0 Å². The van der Waals surface area contributed by atoms with Gasteiger partial charge in [-0.3, -0.25) is 4.57 Å². The van der Waals surface area contributed by atoms with Gasteiger partial charge in [0.15, 0.2) is 5.82 Å². The number of hydrogen-bond acceptors (Lipinski definition) is 1. The number of rotatable bonds is 1. The standard InChI is InChI=1S/C9H5Cl2N2/c10-7-3-1-5-12-9(7)13-6-2-4-8(13)11/h1-5H. The molecule has 0 N–H and O–H groups in total. The molecular formula is C9H5Cl2N2. The van der Waals surface area contributed by atoms with E-state index < -0.39 is 0 Å². The van der Waals surface area contributed by atoms with E-state index in [0.717, 1.165) is 0 Å². The molecule has 2 nitrogen and oxygen atoms in total. The van der Waals surface area contributed by atoms with Gasteiger partial charge < -0.3 is 0 Å². The van der Waals surface area contributed by atoms with Crippen LogP contribution in [0.2, 0.25) is 10.2 Å². The highest BCUT2D eigenvalue weighted by Crippen LogP contribution is 2.21. The van der Waals surface area contributed by atoms with Crippen LogP contribution in [0.4, 0.5) is 0 Å². The summed E-state index contributed by atoms with van der Waals surface area (Å²) in [5.74, 6) is 0.596. The molecule has 65 valence electrons. The molecule has 0 aromatic carbocycles. The zero-order valence-corrected chi connectivity index (χ0v) is 8.05. The van der Waals surface area contributed by atoms with Crippen LogP contribution in [0.25, 0.3) is 5.82 Å². The maximum Gasteiger partial charge on any atom is 0.157 e. The number of pyridine rings is 1. The van der Waals surface area contributed by atoms with Crippen molar-refractivity contribution in [3.8, 4) is 5.82 Å². The first kappa shape index (κ1) is 8.60. The quantitative estimate of drug-likeness (QED) is 0.710. The van der Waals surface area contributed by atoms with Gasteiger partial charge in [0.1, 0.15) is 5.15 Å². The van der Waals surface area contributed by atoms with Gasteiger partial charge >= 0.3 is 0 Å². The van der Waals surface area contributed by atoms with Crippen LogP contribution >= 0.6 is 23.2 Å². The van der Waals surface area contributed by atoms with Crippen LogP contribution in [0.15, 0.2) is 30.5 Å². The molecular weight excluding hydrogens is 207 g/mol. The molecule has 1 radical (unpaired) electrons. The number of halogens is 2. The lowest BCUT2D eigenvalue weighted by molar-refractivity contribution is 1.00. The maximum absolute atomic E-state index is 5.93. The van der Waals surface area contributed by atoms with E-state index in [4.69, 9.17) is 23.2 Å². The molecule has 0 aliphatic rings. The van der Waals surface area contributed by atoms with E-state index >= 15 is 0 Å². The number of hydrogen-bond donors (Lipinski definition) is 0. The van der Waals surface area contributed by atoms with E-state index in [0.29, 0.717) is 16.0 Å². The van der Waals surface area contributed by atoms with E-state index in [1.54, 1.807) is 35.0 Å². The lowest BCUT2D eigenvalue weighted by Crippen LogP contribution is -1.96. The van der Waals surface area contributed by atoms with Crippen LogP contribution in [0.5, 0.6) is 0 Å². The van der Waals surface area contributed by atoms with Crippen LogP contribution in [-0.4, -0.2) is 9.55 Å². The SMILES string of the molecule is Clc1cccnc1-n1[c]ccc1Cl.